The molecule has 3 rings (SSSR count). The first kappa shape index (κ1) is 24.7. The lowest BCUT2D eigenvalue weighted by Gasteiger charge is -2.20. The lowest BCUT2D eigenvalue weighted by molar-refractivity contribution is -0.187. The Bertz CT molecular complexity index is 1080. The van der Waals surface area contributed by atoms with E-state index >= 15 is 0 Å². The minimum atomic E-state index is -3.98. The Balaban J connectivity index is 1.74. The van der Waals surface area contributed by atoms with Crippen LogP contribution in [0.15, 0.2) is 48.5 Å². The van der Waals surface area contributed by atoms with Crippen molar-refractivity contribution < 1.29 is 35.8 Å². The van der Waals surface area contributed by atoms with Crippen molar-refractivity contribution in [2.45, 2.75) is 58.2 Å². The van der Waals surface area contributed by atoms with E-state index in [4.69, 9.17) is 4.74 Å². The topological polar surface area (TPSA) is 18.5 Å². The lowest BCUT2D eigenvalue weighted by atomic mass is 10.0. The zero-order valence-corrected chi connectivity index (χ0v) is 18.0. The molecule has 0 spiro atoms. The molecule has 0 saturated carbocycles. The summed E-state index contributed by atoms with van der Waals surface area (Å²) in [4.78, 5) is 0. The second-order valence-corrected chi connectivity index (χ2v) is 7.74. The van der Waals surface area contributed by atoms with Gasteiger partial charge in [-0.15, -0.1) is 0 Å². The summed E-state index contributed by atoms with van der Waals surface area (Å²) in [7, 11) is 0. The number of unbranched alkanes of at least 4 members (excludes halogenated alkanes) is 4. The van der Waals surface area contributed by atoms with Crippen molar-refractivity contribution in [1.82, 2.24) is 0 Å². The molecular formula is C25H24F6O2. The van der Waals surface area contributed by atoms with Crippen molar-refractivity contribution in [3.8, 4) is 11.5 Å². The molecule has 0 fully saturated rings. The van der Waals surface area contributed by atoms with Gasteiger partial charge >= 0.3 is 12.7 Å². The Hall–Kier alpha value is -2.90. The predicted octanol–water partition coefficient (Wildman–Crippen LogP) is 8.36. The Morgan fingerprint density at radius 2 is 1.64 bits per heavy atom. The van der Waals surface area contributed by atoms with E-state index in [1.165, 1.54) is 12.1 Å². The fourth-order valence-corrected chi connectivity index (χ4v) is 3.59. The van der Waals surface area contributed by atoms with E-state index in [1.54, 1.807) is 0 Å². The number of fused-ring (bicyclic) bond motifs is 1. The highest BCUT2D eigenvalue weighted by Crippen LogP contribution is 2.36. The van der Waals surface area contributed by atoms with Gasteiger partial charge in [0.2, 0.25) is 0 Å². The molecule has 0 radical (unpaired) electrons. The third kappa shape index (κ3) is 6.33. The molecule has 3 aromatic rings. The molecule has 2 nitrogen and oxygen atoms in total. The van der Waals surface area contributed by atoms with Gasteiger partial charge in [0.15, 0.2) is 11.6 Å². The zero-order chi connectivity index (χ0) is 24.0. The smallest absolute Gasteiger partial charge is 0.429 e. The van der Waals surface area contributed by atoms with Crippen molar-refractivity contribution in [1.29, 1.82) is 0 Å². The van der Waals surface area contributed by atoms with Gasteiger partial charge in [-0.25, -0.2) is 8.78 Å². The fourth-order valence-electron chi connectivity index (χ4n) is 3.59. The number of benzene rings is 3. The van der Waals surface area contributed by atoms with Crippen LogP contribution in [-0.4, -0.2) is 6.61 Å². The number of hydrogen-bond donors (Lipinski definition) is 0. The van der Waals surface area contributed by atoms with E-state index in [0.717, 1.165) is 68.5 Å². The molecule has 0 bridgehead atoms. The van der Waals surface area contributed by atoms with Gasteiger partial charge < -0.3 is 9.47 Å². The Kier molecular flexibility index (Phi) is 8.10. The molecule has 0 saturated heterocycles. The van der Waals surface area contributed by atoms with Crippen LogP contribution in [0.1, 0.15) is 50.2 Å². The molecule has 3 aromatic carbocycles. The first-order chi connectivity index (χ1) is 15.7. The first-order valence-corrected chi connectivity index (χ1v) is 10.7. The highest BCUT2D eigenvalue weighted by atomic mass is 19.3. The van der Waals surface area contributed by atoms with Crippen LogP contribution >= 0.6 is 0 Å². The van der Waals surface area contributed by atoms with Gasteiger partial charge in [-0.3, -0.25) is 0 Å². The van der Waals surface area contributed by atoms with Crippen molar-refractivity contribution in [2.75, 3.05) is 0 Å². The number of hydrogen-bond acceptors (Lipinski definition) is 2. The third-order valence-corrected chi connectivity index (χ3v) is 5.27. The van der Waals surface area contributed by atoms with Crippen LogP contribution in [0.2, 0.25) is 0 Å². The molecule has 0 amide bonds. The summed E-state index contributed by atoms with van der Waals surface area (Å²) in [6.07, 6.45) is 1.79. The largest absolute Gasteiger partial charge is 0.432 e. The van der Waals surface area contributed by atoms with Crippen molar-refractivity contribution in [3.63, 3.8) is 0 Å². The van der Waals surface area contributed by atoms with Crippen LogP contribution in [-0.2, 0) is 12.5 Å². The van der Waals surface area contributed by atoms with Gasteiger partial charge in [0, 0.05) is 5.39 Å². The Labute approximate surface area is 188 Å². The van der Waals surface area contributed by atoms with Gasteiger partial charge in [0.25, 0.3) is 0 Å². The summed E-state index contributed by atoms with van der Waals surface area (Å²) in [5, 5.41) is 0.0135. The molecule has 178 valence electrons. The molecule has 0 N–H and O–H groups in total. The molecule has 0 aliphatic carbocycles. The molecule has 0 atom stereocenters. The van der Waals surface area contributed by atoms with Gasteiger partial charge in [0.1, 0.15) is 11.6 Å². The summed E-state index contributed by atoms with van der Waals surface area (Å²) in [6.45, 7) is -1.10. The summed E-state index contributed by atoms with van der Waals surface area (Å²) in [5.74, 6) is -3.13. The average Bonchev–Trinajstić information content (AvgIpc) is 2.75. The van der Waals surface area contributed by atoms with E-state index in [-0.39, 0.29) is 16.5 Å². The van der Waals surface area contributed by atoms with E-state index in [9.17, 15) is 26.3 Å². The maximum absolute atomic E-state index is 14.7. The maximum Gasteiger partial charge on any atom is 0.429 e. The molecule has 0 heterocycles. The van der Waals surface area contributed by atoms with Crippen molar-refractivity contribution in [2.24, 2.45) is 0 Å². The summed E-state index contributed by atoms with van der Waals surface area (Å²) in [5.41, 5.74) is -0.282. The summed E-state index contributed by atoms with van der Waals surface area (Å²) in [6, 6.07) is 9.01. The van der Waals surface area contributed by atoms with Crippen LogP contribution in [0.3, 0.4) is 0 Å². The number of ether oxygens (including phenoxy) is 2. The minimum Gasteiger partial charge on any atom is -0.432 e. The van der Waals surface area contributed by atoms with E-state index in [1.807, 2.05) is 0 Å². The highest BCUT2D eigenvalue weighted by molar-refractivity contribution is 5.86. The molecule has 0 aromatic heterocycles. The molecule has 0 aliphatic rings. The highest BCUT2D eigenvalue weighted by Gasteiger charge is 2.37. The van der Waals surface area contributed by atoms with Crippen LogP contribution in [0, 0.1) is 11.6 Å². The second kappa shape index (κ2) is 10.8. The summed E-state index contributed by atoms with van der Waals surface area (Å²) >= 11 is 0. The minimum absolute atomic E-state index is 0.113. The SMILES string of the molecule is CCCCCCCc1ccc(C(F)(F)Oc2ccc3c(F)c(OC(F)F)ccc3c2)c(F)c1. The number of rotatable bonds is 11. The number of alkyl halides is 4. The standard InChI is InChI=1S/C25H24F6O2/c1-2-3-4-5-6-7-16-8-12-20(21(26)14-16)25(30,31)33-18-10-11-19-17(15-18)9-13-22(23(19)27)32-24(28)29/h8-15,24H,2-7H2,1H3. The molecular weight excluding hydrogens is 446 g/mol. The van der Waals surface area contributed by atoms with Gasteiger partial charge in [-0.05, 0) is 60.2 Å². The van der Waals surface area contributed by atoms with Gasteiger partial charge in [-0.2, -0.15) is 17.6 Å². The third-order valence-electron chi connectivity index (χ3n) is 5.27. The summed E-state index contributed by atoms with van der Waals surface area (Å²) < 4.78 is 91.6. The van der Waals surface area contributed by atoms with Gasteiger partial charge in [-0.1, -0.05) is 44.7 Å². The van der Waals surface area contributed by atoms with Crippen LogP contribution < -0.4 is 9.47 Å². The molecule has 0 aliphatic heterocycles. The number of halogens is 6. The average molecular weight is 470 g/mol. The maximum atomic E-state index is 14.7. The number of aryl methyl sites for hydroxylation is 1. The molecule has 0 unspecified atom stereocenters. The van der Waals surface area contributed by atoms with Crippen LogP contribution in [0.4, 0.5) is 26.3 Å². The normalized spacial score (nSPS) is 11.9. The van der Waals surface area contributed by atoms with E-state index < -0.39 is 35.7 Å². The monoisotopic (exact) mass is 470 g/mol. The van der Waals surface area contributed by atoms with Gasteiger partial charge in [0.05, 0.1) is 5.56 Å². The van der Waals surface area contributed by atoms with Crippen LogP contribution in [0.25, 0.3) is 10.8 Å². The molecule has 8 heteroatoms. The Morgan fingerprint density at radius 1 is 0.879 bits per heavy atom. The zero-order valence-electron chi connectivity index (χ0n) is 18.0. The quantitative estimate of drug-likeness (QED) is 0.207. The predicted molar refractivity (Wildman–Crippen MR) is 114 cm³/mol. The van der Waals surface area contributed by atoms with Crippen molar-refractivity contribution >= 4 is 10.8 Å². The molecule has 33 heavy (non-hydrogen) atoms. The van der Waals surface area contributed by atoms with E-state index in [0.29, 0.717) is 12.0 Å². The first-order valence-electron chi connectivity index (χ1n) is 10.7. The fraction of sp³-hybridized carbons (Fsp3) is 0.360. The van der Waals surface area contributed by atoms with E-state index in [2.05, 4.69) is 11.7 Å². The van der Waals surface area contributed by atoms with Crippen molar-refractivity contribution in [3.05, 3.63) is 71.3 Å². The lowest BCUT2D eigenvalue weighted by Crippen LogP contribution is -2.23. The van der Waals surface area contributed by atoms with Crippen LogP contribution in [0.5, 0.6) is 11.5 Å². The Morgan fingerprint density at radius 3 is 2.33 bits per heavy atom. The second-order valence-electron chi connectivity index (χ2n) is 7.74.